The Labute approximate surface area is 147 Å². The van der Waals surface area contributed by atoms with Crippen LogP contribution in [0.5, 0.6) is 5.75 Å². The molecule has 1 aromatic heterocycles. The lowest BCUT2D eigenvalue weighted by Crippen LogP contribution is -2.25. The minimum Gasteiger partial charge on any atom is -0.486 e. The number of nitrogens with one attached hydrogen (secondary N) is 1. The number of nitro groups is 1. The van der Waals surface area contributed by atoms with E-state index in [9.17, 15) is 14.9 Å². The minimum absolute atomic E-state index is 0.00382. The Morgan fingerprint density at radius 1 is 1.32 bits per heavy atom. The molecule has 1 aliphatic rings. The number of amides is 1. The summed E-state index contributed by atoms with van der Waals surface area (Å²) in [6, 6.07) is 9.19. The predicted molar refractivity (Wildman–Crippen MR) is 92.6 cm³/mol. The molecule has 0 radical (unpaired) electrons. The zero-order valence-electron chi connectivity index (χ0n) is 13.1. The van der Waals surface area contributed by atoms with Gasteiger partial charge in [0.25, 0.3) is 11.6 Å². The molecule has 1 saturated heterocycles. The van der Waals surface area contributed by atoms with Crippen molar-refractivity contribution in [1.29, 1.82) is 0 Å². The van der Waals surface area contributed by atoms with Gasteiger partial charge in [-0.15, -0.1) is 0 Å². The van der Waals surface area contributed by atoms with Crippen LogP contribution in [0, 0.1) is 10.1 Å². The number of rotatable bonds is 5. The van der Waals surface area contributed by atoms with Gasteiger partial charge in [0.15, 0.2) is 5.11 Å². The molecule has 2 aromatic rings. The van der Waals surface area contributed by atoms with Crippen LogP contribution in [-0.2, 0) is 11.4 Å². The number of carbonyl (C=O) groups is 1. The van der Waals surface area contributed by atoms with Crippen LogP contribution in [0.25, 0.3) is 6.08 Å². The third-order valence-electron chi connectivity index (χ3n) is 3.48. The van der Waals surface area contributed by atoms with Crippen LogP contribution in [0.4, 0.5) is 5.69 Å². The number of nitro benzene ring substituents is 1. The van der Waals surface area contributed by atoms with Gasteiger partial charge in [0.2, 0.25) is 0 Å². The van der Waals surface area contributed by atoms with E-state index in [-0.39, 0.29) is 18.2 Å². The van der Waals surface area contributed by atoms with Crippen LogP contribution in [0.1, 0.15) is 11.5 Å². The quantitative estimate of drug-likeness (QED) is 0.379. The first-order chi connectivity index (χ1) is 11.9. The Balaban J connectivity index is 1.63. The molecule has 1 fully saturated rings. The van der Waals surface area contributed by atoms with Gasteiger partial charge in [-0.1, -0.05) is 0 Å². The normalized spacial score (nSPS) is 15.6. The smallest absolute Gasteiger partial charge is 0.276 e. The lowest BCUT2D eigenvalue weighted by atomic mass is 10.3. The second-order valence-corrected chi connectivity index (χ2v) is 5.58. The van der Waals surface area contributed by atoms with Crippen LogP contribution < -0.4 is 10.1 Å². The maximum atomic E-state index is 11.9. The highest BCUT2D eigenvalue weighted by Crippen LogP contribution is 2.20. The first kappa shape index (κ1) is 16.7. The monoisotopic (exact) mass is 359 g/mol. The van der Waals surface area contributed by atoms with Crippen molar-refractivity contribution in [3.05, 3.63) is 63.7 Å². The number of furan rings is 1. The lowest BCUT2D eigenvalue weighted by molar-refractivity contribution is -0.384. The van der Waals surface area contributed by atoms with Crippen LogP contribution in [0.3, 0.4) is 0 Å². The van der Waals surface area contributed by atoms with Gasteiger partial charge in [0, 0.05) is 25.3 Å². The summed E-state index contributed by atoms with van der Waals surface area (Å²) >= 11 is 5.00. The summed E-state index contributed by atoms with van der Waals surface area (Å²) < 4.78 is 11.1. The van der Waals surface area contributed by atoms with Gasteiger partial charge in [-0.25, -0.2) is 0 Å². The number of benzene rings is 1. The molecule has 25 heavy (non-hydrogen) atoms. The first-order valence-corrected chi connectivity index (χ1v) is 7.61. The molecule has 1 aromatic carbocycles. The lowest BCUT2D eigenvalue weighted by Gasteiger charge is -2.03. The van der Waals surface area contributed by atoms with Crippen LogP contribution in [-0.4, -0.2) is 27.9 Å². The molecule has 2 heterocycles. The molecule has 3 rings (SSSR count). The highest BCUT2D eigenvalue weighted by Gasteiger charge is 2.27. The molecule has 0 saturated carbocycles. The molecule has 0 atom stereocenters. The molecule has 0 aliphatic carbocycles. The van der Waals surface area contributed by atoms with E-state index < -0.39 is 4.92 Å². The SMILES string of the molecule is CN1C(=O)/C(=C\c2ccc(COc3ccc([N+](=O)[O-])cc3)o2)NC1=S. The van der Waals surface area contributed by atoms with E-state index in [1.807, 2.05) is 0 Å². The van der Waals surface area contributed by atoms with E-state index in [0.717, 1.165) is 0 Å². The third-order valence-corrected chi connectivity index (χ3v) is 3.85. The van der Waals surface area contributed by atoms with Crippen molar-refractivity contribution in [2.75, 3.05) is 7.05 Å². The zero-order chi connectivity index (χ0) is 18.0. The van der Waals surface area contributed by atoms with Crippen molar-refractivity contribution >= 4 is 35.0 Å². The summed E-state index contributed by atoms with van der Waals surface area (Å²) in [4.78, 5) is 23.4. The number of hydrogen-bond donors (Lipinski definition) is 1. The fraction of sp³-hybridized carbons (Fsp3) is 0.125. The summed E-state index contributed by atoms with van der Waals surface area (Å²) in [7, 11) is 1.59. The Bertz CT molecular complexity index is 872. The fourth-order valence-electron chi connectivity index (χ4n) is 2.13. The maximum absolute atomic E-state index is 11.9. The van der Waals surface area contributed by atoms with Crippen LogP contribution in [0.2, 0.25) is 0 Å². The van der Waals surface area contributed by atoms with Gasteiger partial charge in [-0.3, -0.25) is 19.8 Å². The fourth-order valence-corrected chi connectivity index (χ4v) is 2.33. The molecule has 1 amide bonds. The maximum Gasteiger partial charge on any atom is 0.276 e. The molecule has 9 heteroatoms. The van der Waals surface area contributed by atoms with Gasteiger partial charge < -0.3 is 14.5 Å². The van der Waals surface area contributed by atoms with Crippen LogP contribution >= 0.6 is 12.2 Å². The highest BCUT2D eigenvalue weighted by molar-refractivity contribution is 7.80. The van der Waals surface area contributed by atoms with Crippen molar-refractivity contribution in [1.82, 2.24) is 10.2 Å². The summed E-state index contributed by atoms with van der Waals surface area (Å²) in [5.41, 5.74) is 0.334. The van der Waals surface area contributed by atoms with Crippen LogP contribution in [0.15, 0.2) is 46.5 Å². The molecule has 0 spiro atoms. The first-order valence-electron chi connectivity index (χ1n) is 7.21. The molecule has 8 nitrogen and oxygen atoms in total. The predicted octanol–water partition coefficient (Wildman–Crippen LogP) is 2.45. The molecule has 1 aliphatic heterocycles. The number of ether oxygens (including phenoxy) is 1. The molecular formula is C16H13N3O5S. The Hall–Kier alpha value is -3.20. The van der Waals surface area contributed by atoms with Gasteiger partial charge in [-0.05, 0) is 36.5 Å². The number of likely N-dealkylation sites (N-methyl/N-ethyl adjacent to an activating group) is 1. The van der Waals surface area contributed by atoms with E-state index in [0.29, 0.717) is 28.1 Å². The molecule has 0 unspecified atom stereocenters. The largest absolute Gasteiger partial charge is 0.486 e. The second kappa shape index (κ2) is 6.73. The molecule has 0 bridgehead atoms. The minimum atomic E-state index is -0.475. The molecule has 128 valence electrons. The summed E-state index contributed by atoms with van der Waals surface area (Å²) in [6.45, 7) is 0.153. The standard InChI is InChI=1S/C16H13N3O5S/c1-18-15(20)14(17-16(18)25)8-12-6-7-13(24-12)9-23-11-4-2-10(3-5-11)19(21)22/h2-8H,9H2,1H3,(H,17,25)/b14-8+. The number of hydrogen-bond acceptors (Lipinski definition) is 6. The van der Waals surface area contributed by atoms with Gasteiger partial charge in [0.1, 0.15) is 29.6 Å². The summed E-state index contributed by atoms with van der Waals surface area (Å²) in [5, 5.41) is 13.7. The highest BCUT2D eigenvalue weighted by atomic mass is 32.1. The van der Waals surface area contributed by atoms with Crippen molar-refractivity contribution in [3.8, 4) is 5.75 Å². The van der Waals surface area contributed by atoms with E-state index in [4.69, 9.17) is 21.4 Å². The van der Waals surface area contributed by atoms with E-state index in [1.54, 1.807) is 25.3 Å². The Kier molecular flexibility index (Phi) is 4.48. The topological polar surface area (TPSA) is 97.9 Å². The number of carbonyl (C=O) groups excluding carboxylic acids is 1. The van der Waals surface area contributed by atoms with Crippen molar-refractivity contribution in [3.63, 3.8) is 0 Å². The second-order valence-electron chi connectivity index (χ2n) is 5.20. The third kappa shape index (κ3) is 3.66. The van der Waals surface area contributed by atoms with E-state index >= 15 is 0 Å². The zero-order valence-corrected chi connectivity index (χ0v) is 13.9. The Morgan fingerprint density at radius 3 is 2.64 bits per heavy atom. The molecular weight excluding hydrogens is 346 g/mol. The van der Waals surface area contributed by atoms with E-state index in [2.05, 4.69) is 5.32 Å². The summed E-state index contributed by atoms with van der Waals surface area (Å²) in [5.74, 6) is 1.29. The number of nitrogens with zero attached hydrogens (tertiary/aromatic N) is 2. The van der Waals surface area contributed by atoms with Gasteiger partial charge >= 0.3 is 0 Å². The number of non-ortho nitro benzene ring substituents is 1. The van der Waals surface area contributed by atoms with E-state index in [1.165, 1.54) is 29.2 Å². The van der Waals surface area contributed by atoms with Gasteiger partial charge in [0.05, 0.1) is 4.92 Å². The van der Waals surface area contributed by atoms with Crippen molar-refractivity contribution in [2.45, 2.75) is 6.61 Å². The average molecular weight is 359 g/mol. The average Bonchev–Trinajstić information content (AvgIpc) is 3.14. The van der Waals surface area contributed by atoms with Gasteiger partial charge in [-0.2, -0.15) is 0 Å². The summed E-state index contributed by atoms with van der Waals surface area (Å²) in [6.07, 6.45) is 1.56. The molecule has 1 N–H and O–H groups in total. The Morgan fingerprint density at radius 2 is 2.04 bits per heavy atom. The number of thiocarbonyl (C=S) groups is 1. The van der Waals surface area contributed by atoms with Crippen molar-refractivity contribution in [2.24, 2.45) is 0 Å². The van der Waals surface area contributed by atoms with Crippen molar-refractivity contribution < 1.29 is 18.9 Å².